The van der Waals surface area contributed by atoms with E-state index >= 15 is 0 Å². The van der Waals surface area contributed by atoms with Crippen LogP contribution in [-0.2, 0) is 4.79 Å². The van der Waals surface area contributed by atoms with Gasteiger partial charge in [0.1, 0.15) is 5.15 Å². The van der Waals surface area contributed by atoms with E-state index in [0.717, 1.165) is 31.6 Å². The number of aromatic nitrogens is 1. The minimum atomic E-state index is -5.08. The van der Waals surface area contributed by atoms with Crippen molar-refractivity contribution in [1.29, 1.82) is 0 Å². The fraction of sp³-hybridized carbons (Fsp3) is 0.500. The van der Waals surface area contributed by atoms with Crippen LogP contribution in [0.5, 0.6) is 0 Å². The number of anilines is 1. The zero-order chi connectivity index (χ0) is 16.0. The average molecular weight is 326 g/mol. The lowest BCUT2D eigenvalue weighted by molar-refractivity contribution is -0.192. The van der Waals surface area contributed by atoms with Gasteiger partial charge in [0, 0.05) is 19.1 Å². The SMILES string of the molecule is NC1CCCN(c2ccc(Cl)nc2)C1.O=C(O)C(F)(F)F. The molecule has 1 aliphatic rings. The highest BCUT2D eigenvalue weighted by Gasteiger charge is 2.38. The standard InChI is InChI=1S/C10H14ClN3.C2HF3O2/c11-10-4-3-9(6-13-10)14-5-1-2-8(12)7-14;3-2(4,5)1(6)7/h3-4,6,8H,1-2,5,7,12H2;(H,6,7). The molecule has 0 radical (unpaired) electrons. The summed E-state index contributed by atoms with van der Waals surface area (Å²) in [6.07, 6.45) is -0.998. The lowest BCUT2D eigenvalue weighted by Crippen LogP contribution is -2.42. The average Bonchev–Trinajstić information content (AvgIpc) is 2.39. The molecule has 0 aromatic carbocycles. The van der Waals surface area contributed by atoms with Crippen LogP contribution in [0.2, 0.25) is 5.15 Å². The summed E-state index contributed by atoms with van der Waals surface area (Å²) in [5, 5.41) is 7.66. The summed E-state index contributed by atoms with van der Waals surface area (Å²) < 4.78 is 31.7. The van der Waals surface area contributed by atoms with E-state index in [1.165, 1.54) is 0 Å². The zero-order valence-corrected chi connectivity index (χ0v) is 11.7. The van der Waals surface area contributed by atoms with Crippen molar-refractivity contribution in [2.75, 3.05) is 18.0 Å². The molecule has 5 nitrogen and oxygen atoms in total. The second-order valence-corrected chi connectivity index (χ2v) is 4.88. The van der Waals surface area contributed by atoms with Crippen LogP contribution in [0.3, 0.4) is 0 Å². The van der Waals surface area contributed by atoms with Crippen LogP contribution in [0.25, 0.3) is 0 Å². The maximum absolute atomic E-state index is 10.6. The Bertz CT molecular complexity index is 468. The first-order chi connectivity index (χ1) is 9.70. The van der Waals surface area contributed by atoms with Crippen molar-refractivity contribution in [1.82, 2.24) is 4.98 Å². The quantitative estimate of drug-likeness (QED) is 0.774. The molecule has 118 valence electrons. The minimum Gasteiger partial charge on any atom is -0.475 e. The molecule has 9 heteroatoms. The number of carbonyl (C=O) groups is 1. The van der Waals surface area contributed by atoms with E-state index < -0.39 is 12.1 Å². The Morgan fingerprint density at radius 3 is 2.52 bits per heavy atom. The van der Waals surface area contributed by atoms with Crippen LogP contribution < -0.4 is 10.6 Å². The third-order valence-corrected chi connectivity index (χ3v) is 3.00. The Hall–Kier alpha value is -1.54. The highest BCUT2D eigenvalue weighted by atomic mass is 35.5. The van der Waals surface area contributed by atoms with Gasteiger partial charge in [-0.3, -0.25) is 0 Å². The van der Waals surface area contributed by atoms with Crippen LogP contribution in [0, 0.1) is 0 Å². The number of carboxylic acids is 1. The lowest BCUT2D eigenvalue weighted by atomic mass is 10.1. The van der Waals surface area contributed by atoms with Crippen LogP contribution >= 0.6 is 11.6 Å². The van der Waals surface area contributed by atoms with Gasteiger partial charge in [-0.1, -0.05) is 11.6 Å². The molecule has 1 unspecified atom stereocenters. The van der Waals surface area contributed by atoms with E-state index in [1.54, 1.807) is 6.20 Å². The topological polar surface area (TPSA) is 79.5 Å². The Labute approximate surface area is 124 Å². The molecule has 1 aromatic heterocycles. The van der Waals surface area contributed by atoms with Crippen LogP contribution in [0.4, 0.5) is 18.9 Å². The Kier molecular flexibility index (Phi) is 6.22. The number of piperidine rings is 1. The van der Waals surface area contributed by atoms with Crippen LogP contribution in [0.1, 0.15) is 12.8 Å². The third kappa shape index (κ3) is 6.17. The van der Waals surface area contributed by atoms with E-state index in [-0.39, 0.29) is 0 Å². The van der Waals surface area contributed by atoms with E-state index in [9.17, 15) is 13.2 Å². The summed E-state index contributed by atoms with van der Waals surface area (Å²) in [7, 11) is 0. The number of alkyl halides is 3. The third-order valence-electron chi connectivity index (χ3n) is 2.78. The van der Waals surface area contributed by atoms with Gasteiger partial charge in [-0.15, -0.1) is 0 Å². The fourth-order valence-corrected chi connectivity index (χ4v) is 1.91. The molecular weight excluding hydrogens is 311 g/mol. The number of hydrogen-bond acceptors (Lipinski definition) is 4. The number of rotatable bonds is 1. The zero-order valence-electron chi connectivity index (χ0n) is 11.0. The van der Waals surface area contributed by atoms with Gasteiger partial charge in [-0.05, 0) is 25.0 Å². The number of nitrogens with zero attached hydrogens (tertiary/aromatic N) is 2. The molecule has 0 saturated carbocycles. The Balaban J connectivity index is 0.000000270. The van der Waals surface area contributed by atoms with Gasteiger partial charge in [0.2, 0.25) is 0 Å². The normalized spacial score (nSPS) is 18.7. The van der Waals surface area contributed by atoms with E-state index in [0.29, 0.717) is 11.2 Å². The summed E-state index contributed by atoms with van der Waals surface area (Å²) in [6, 6.07) is 4.10. The molecule has 2 heterocycles. The second-order valence-electron chi connectivity index (χ2n) is 4.49. The maximum atomic E-state index is 10.6. The second kappa shape index (κ2) is 7.46. The predicted octanol–water partition coefficient (Wildman–Crippen LogP) is 2.30. The lowest BCUT2D eigenvalue weighted by Gasteiger charge is -2.32. The van der Waals surface area contributed by atoms with Gasteiger partial charge >= 0.3 is 12.1 Å². The number of hydrogen-bond donors (Lipinski definition) is 2. The number of aliphatic carboxylic acids is 1. The van der Waals surface area contributed by atoms with Gasteiger partial charge in [0.05, 0.1) is 11.9 Å². The van der Waals surface area contributed by atoms with Gasteiger partial charge in [-0.25, -0.2) is 9.78 Å². The first-order valence-electron chi connectivity index (χ1n) is 6.12. The largest absolute Gasteiger partial charge is 0.490 e. The van der Waals surface area contributed by atoms with E-state index in [1.807, 2.05) is 12.1 Å². The predicted molar refractivity (Wildman–Crippen MR) is 72.4 cm³/mol. The van der Waals surface area contributed by atoms with Crippen molar-refractivity contribution in [2.45, 2.75) is 25.1 Å². The summed E-state index contributed by atoms with van der Waals surface area (Å²) in [4.78, 5) is 15.2. The summed E-state index contributed by atoms with van der Waals surface area (Å²) >= 11 is 5.72. The van der Waals surface area contributed by atoms with Crippen molar-refractivity contribution in [3.05, 3.63) is 23.5 Å². The van der Waals surface area contributed by atoms with E-state index in [2.05, 4.69) is 9.88 Å². The molecule has 0 amide bonds. The van der Waals surface area contributed by atoms with Gasteiger partial charge in [-0.2, -0.15) is 13.2 Å². The fourth-order valence-electron chi connectivity index (χ4n) is 1.80. The van der Waals surface area contributed by atoms with Crippen molar-refractivity contribution in [3.63, 3.8) is 0 Å². The highest BCUT2D eigenvalue weighted by Crippen LogP contribution is 2.19. The minimum absolute atomic E-state index is 0.291. The Morgan fingerprint density at radius 1 is 1.48 bits per heavy atom. The molecule has 0 spiro atoms. The molecule has 1 aromatic rings. The summed E-state index contributed by atoms with van der Waals surface area (Å²) in [5.41, 5.74) is 7.02. The monoisotopic (exact) mass is 325 g/mol. The Morgan fingerprint density at radius 2 is 2.10 bits per heavy atom. The summed E-state index contributed by atoms with van der Waals surface area (Å²) in [5.74, 6) is -2.76. The van der Waals surface area contributed by atoms with Crippen LogP contribution in [-0.4, -0.2) is 41.4 Å². The molecule has 0 bridgehead atoms. The molecule has 3 N–H and O–H groups in total. The van der Waals surface area contributed by atoms with Gasteiger partial charge < -0.3 is 15.7 Å². The smallest absolute Gasteiger partial charge is 0.475 e. The van der Waals surface area contributed by atoms with Crippen molar-refractivity contribution < 1.29 is 23.1 Å². The maximum Gasteiger partial charge on any atom is 0.490 e. The molecule has 0 aliphatic carbocycles. The molecule has 21 heavy (non-hydrogen) atoms. The molecular formula is C12H15ClF3N3O2. The molecule has 1 fully saturated rings. The molecule has 2 rings (SSSR count). The number of pyridine rings is 1. The number of nitrogens with two attached hydrogens (primary N) is 1. The first kappa shape index (κ1) is 17.5. The van der Waals surface area contributed by atoms with Gasteiger partial charge in [0.15, 0.2) is 0 Å². The molecule has 1 aliphatic heterocycles. The van der Waals surface area contributed by atoms with Crippen LogP contribution in [0.15, 0.2) is 18.3 Å². The van der Waals surface area contributed by atoms with Gasteiger partial charge in [0.25, 0.3) is 0 Å². The van der Waals surface area contributed by atoms with E-state index in [4.69, 9.17) is 27.2 Å². The number of carboxylic acid groups (broad SMARTS) is 1. The van der Waals surface area contributed by atoms with Crippen molar-refractivity contribution in [2.24, 2.45) is 5.73 Å². The highest BCUT2D eigenvalue weighted by molar-refractivity contribution is 6.29. The molecule has 1 saturated heterocycles. The number of halogens is 4. The van der Waals surface area contributed by atoms with Crippen molar-refractivity contribution in [3.8, 4) is 0 Å². The van der Waals surface area contributed by atoms with Crippen molar-refractivity contribution >= 4 is 23.3 Å². The summed E-state index contributed by atoms with van der Waals surface area (Å²) in [6.45, 7) is 1.99. The first-order valence-corrected chi connectivity index (χ1v) is 6.50. The molecule has 1 atom stereocenters.